The lowest BCUT2D eigenvalue weighted by molar-refractivity contribution is 0.0618. The van der Waals surface area contributed by atoms with Crippen LogP contribution in [0, 0.1) is 23.2 Å². The lowest BCUT2D eigenvalue weighted by atomic mass is 9.54. The Hall–Kier alpha value is -1.20. The number of methoxy groups -OCH3 is 1. The molecule has 2 fully saturated rings. The molecule has 1 heteroatoms. The number of allylic oxidation sites excluding steroid dienone is 4. The van der Waals surface area contributed by atoms with Crippen LogP contribution in [0.5, 0.6) is 0 Å². The van der Waals surface area contributed by atoms with E-state index in [0.29, 0.717) is 5.41 Å². The van der Waals surface area contributed by atoms with Gasteiger partial charge in [0.2, 0.25) is 0 Å². The van der Waals surface area contributed by atoms with Crippen LogP contribution in [0.2, 0.25) is 0 Å². The molecule has 0 aromatic rings. The maximum atomic E-state index is 5.50. The van der Waals surface area contributed by atoms with E-state index in [0.717, 1.165) is 30.6 Å². The Morgan fingerprint density at radius 3 is 2.91 bits per heavy atom. The first kappa shape index (κ1) is 14.4. The molecule has 4 rings (SSSR count). The van der Waals surface area contributed by atoms with E-state index < -0.39 is 0 Å². The van der Waals surface area contributed by atoms with Crippen LogP contribution in [0.25, 0.3) is 0 Å². The van der Waals surface area contributed by atoms with Gasteiger partial charge in [0.1, 0.15) is 0 Å². The van der Waals surface area contributed by atoms with Crippen molar-refractivity contribution in [1.29, 1.82) is 0 Å². The molecule has 3 unspecified atom stereocenters. The fourth-order valence-electron chi connectivity index (χ4n) is 6.15. The van der Waals surface area contributed by atoms with Crippen LogP contribution in [-0.4, -0.2) is 7.11 Å². The lowest BCUT2D eigenvalue weighted by Gasteiger charge is -2.50. The summed E-state index contributed by atoms with van der Waals surface area (Å²) in [4.78, 5) is 0. The number of ether oxygens (including phenoxy) is 1. The quantitative estimate of drug-likeness (QED) is 0.455. The summed E-state index contributed by atoms with van der Waals surface area (Å²) in [5, 5.41) is 0. The normalized spacial score (nSPS) is 40.4. The highest BCUT2D eigenvalue weighted by atomic mass is 16.5. The Kier molecular flexibility index (Phi) is 3.38. The summed E-state index contributed by atoms with van der Waals surface area (Å²) in [7, 11) is 1.82. The van der Waals surface area contributed by atoms with Crippen molar-refractivity contribution in [2.45, 2.75) is 58.3 Å². The van der Waals surface area contributed by atoms with Gasteiger partial charge < -0.3 is 4.74 Å². The van der Waals surface area contributed by atoms with Gasteiger partial charge in [0.15, 0.2) is 0 Å². The van der Waals surface area contributed by atoms with E-state index >= 15 is 0 Å². The second-order valence-electron chi connectivity index (χ2n) is 7.95. The van der Waals surface area contributed by atoms with Crippen molar-refractivity contribution in [2.75, 3.05) is 7.11 Å². The first-order chi connectivity index (χ1) is 10.7. The van der Waals surface area contributed by atoms with Crippen LogP contribution in [0.4, 0.5) is 0 Å². The molecule has 0 heterocycles. The molecule has 4 atom stereocenters. The fraction of sp³-hybridized carbons (Fsp3) is 0.667. The van der Waals surface area contributed by atoms with Gasteiger partial charge in [-0.25, -0.2) is 0 Å². The molecule has 0 spiro atoms. The van der Waals surface area contributed by atoms with Crippen molar-refractivity contribution in [3.05, 3.63) is 40.9 Å². The van der Waals surface area contributed by atoms with E-state index in [9.17, 15) is 0 Å². The predicted molar refractivity (Wildman–Crippen MR) is 90.3 cm³/mol. The van der Waals surface area contributed by atoms with Gasteiger partial charge in [-0.05, 0) is 79.8 Å². The van der Waals surface area contributed by atoms with E-state index in [-0.39, 0.29) is 0 Å². The monoisotopic (exact) mass is 296 g/mol. The molecule has 1 nitrogen and oxygen atoms in total. The molecule has 0 aliphatic heterocycles. The highest BCUT2D eigenvalue weighted by Crippen LogP contribution is 2.62. The maximum absolute atomic E-state index is 5.50. The second-order valence-corrected chi connectivity index (χ2v) is 7.95. The third-order valence-corrected chi connectivity index (χ3v) is 7.32. The number of rotatable bonds is 1. The summed E-state index contributed by atoms with van der Waals surface area (Å²) in [6.45, 7) is 6.48. The zero-order chi connectivity index (χ0) is 15.3. The van der Waals surface area contributed by atoms with Crippen molar-refractivity contribution < 1.29 is 4.74 Å². The first-order valence-corrected chi connectivity index (χ1v) is 9.00. The van der Waals surface area contributed by atoms with Gasteiger partial charge in [0.25, 0.3) is 0 Å². The molecule has 4 aliphatic rings. The Bertz CT molecular complexity index is 601. The van der Waals surface area contributed by atoms with Gasteiger partial charge in [-0.2, -0.15) is 0 Å². The molecule has 0 radical (unpaired) electrons. The smallest absolute Gasteiger partial charge is 0.0959 e. The van der Waals surface area contributed by atoms with Gasteiger partial charge in [0.05, 0.1) is 12.9 Å². The summed E-state index contributed by atoms with van der Waals surface area (Å²) in [6, 6.07) is 0. The average Bonchev–Trinajstić information content (AvgIpc) is 2.90. The van der Waals surface area contributed by atoms with Crippen LogP contribution >= 0.6 is 0 Å². The predicted octanol–water partition coefficient (Wildman–Crippen LogP) is 5.55. The van der Waals surface area contributed by atoms with Crippen LogP contribution in [-0.2, 0) is 4.74 Å². The Morgan fingerprint density at radius 1 is 1.27 bits per heavy atom. The molecule has 0 bridgehead atoms. The Morgan fingerprint density at radius 2 is 2.14 bits per heavy atom. The third kappa shape index (κ3) is 1.91. The van der Waals surface area contributed by atoms with Crippen molar-refractivity contribution in [3.63, 3.8) is 0 Å². The van der Waals surface area contributed by atoms with Gasteiger partial charge in [-0.1, -0.05) is 24.6 Å². The van der Waals surface area contributed by atoms with Gasteiger partial charge in [-0.15, -0.1) is 5.73 Å². The van der Waals surface area contributed by atoms with E-state index in [1.54, 1.807) is 11.1 Å². The van der Waals surface area contributed by atoms with Gasteiger partial charge in [0, 0.05) is 6.42 Å². The van der Waals surface area contributed by atoms with Crippen LogP contribution in [0.15, 0.2) is 40.9 Å². The summed E-state index contributed by atoms with van der Waals surface area (Å²) in [5.41, 5.74) is 8.73. The molecule has 22 heavy (non-hydrogen) atoms. The minimum absolute atomic E-state index is 0.406. The first-order valence-electron chi connectivity index (χ1n) is 9.00. The van der Waals surface area contributed by atoms with Gasteiger partial charge in [-0.3, -0.25) is 0 Å². The minimum Gasteiger partial charge on any atom is -0.501 e. The van der Waals surface area contributed by atoms with E-state index in [1.165, 1.54) is 49.9 Å². The molecule has 118 valence electrons. The molecule has 0 amide bonds. The van der Waals surface area contributed by atoms with E-state index in [1.807, 2.05) is 7.11 Å². The third-order valence-electron chi connectivity index (χ3n) is 7.32. The zero-order valence-corrected chi connectivity index (χ0v) is 14.1. The molecule has 4 aliphatic carbocycles. The summed E-state index contributed by atoms with van der Waals surface area (Å²) >= 11 is 0. The number of hydrogen-bond acceptors (Lipinski definition) is 1. The Balaban J connectivity index is 1.63. The van der Waals surface area contributed by atoms with Crippen molar-refractivity contribution in [3.8, 4) is 0 Å². The zero-order valence-electron chi connectivity index (χ0n) is 14.1. The molecular formula is C21H28O. The van der Waals surface area contributed by atoms with Crippen LogP contribution in [0.1, 0.15) is 58.3 Å². The molecular weight excluding hydrogens is 268 g/mol. The molecule has 0 aromatic heterocycles. The van der Waals surface area contributed by atoms with Crippen LogP contribution < -0.4 is 0 Å². The average molecular weight is 296 g/mol. The summed E-state index contributed by atoms with van der Waals surface area (Å²) < 4.78 is 5.50. The lowest BCUT2D eigenvalue weighted by Crippen LogP contribution is -2.41. The standard InChI is InChI=1S/C21H28O/c1-4-15-6-10-20-19-8-5-14-13-16(22-3)7-9-17(14)18(19)11-12-21(15,20)2/h7,18-20H,1,5-6,8-13H2,2-3H3/t18?,19?,20?,21-/m1/s1. The summed E-state index contributed by atoms with van der Waals surface area (Å²) in [5.74, 6) is 3.81. The highest BCUT2D eigenvalue weighted by Gasteiger charge is 2.52. The van der Waals surface area contributed by atoms with Crippen molar-refractivity contribution in [1.82, 2.24) is 0 Å². The summed E-state index contributed by atoms with van der Waals surface area (Å²) in [6.07, 6.45) is 12.6. The molecule has 0 N–H and O–H groups in total. The fourth-order valence-corrected chi connectivity index (χ4v) is 6.15. The van der Waals surface area contributed by atoms with Crippen LogP contribution in [0.3, 0.4) is 0 Å². The van der Waals surface area contributed by atoms with Crippen molar-refractivity contribution in [2.24, 2.45) is 23.2 Å². The molecule has 0 aromatic carbocycles. The van der Waals surface area contributed by atoms with Gasteiger partial charge >= 0.3 is 0 Å². The second kappa shape index (κ2) is 5.17. The largest absolute Gasteiger partial charge is 0.501 e. The minimum atomic E-state index is 0.406. The highest BCUT2D eigenvalue weighted by molar-refractivity contribution is 5.34. The number of hydrogen-bond donors (Lipinski definition) is 0. The maximum Gasteiger partial charge on any atom is 0.0959 e. The Labute approximate surface area is 134 Å². The van der Waals surface area contributed by atoms with Crippen molar-refractivity contribution >= 4 is 0 Å². The topological polar surface area (TPSA) is 9.23 Å². The van der Waals surface area contributed by atoms with E-state index in [4.69, 9.17) is 4.74 Å². The molecule has 2 saturated carbocycles. The molecule has 0 saturated heterocycles. The van der Waals surface area contributed by atoms with E-state index in [2.05, 4.69) is 25.3 Å². The SMILES string of the molecule is C=C=C1CCC2C3CCC4=C(CC=C(OC)C4)C3CC[C@]12C. The number of fused-ring (bicyclic) bond motifs is 4.